The molecular formula is H10AlO3. The van der Waals surface area contributed by atoms with Crippen molar-refractivity contribution in [3.63, 3.8) is 0 Å². The van der Waals surface area contributed by atoms with Gasteiger partial charge in [-0.25, -0.2) is 0 Å². The van der Waals surface area contributed by atoms with Crippen LogP contribution in [0.1, 0.15) is 2.85 Å². The quantitative estimate of drug-likeness (QED) is 0.294. The van der Waals surface area contributed by atoms with Gasteiger partial charge in [0.1, 0.15) is 0 Å². The maximum absolute atomic E-state index is 0. The monoisotopic (exact) mass is 85.0 g/mol. The van der Waals surface area contributed by atoms with E-state index in [9.17, 15) is 0 Å². The zero-order chi connectivity index (χ0) is 0. The molecule has 0 amide bonds. The second-order valence-electron chi connectivity index (χ2n) is 0. The Bertz CT molecular complexity index is 8.75. The molecule has 0 bridgehead atoms. The van der Waals surface area contributed by atoms with Crippen LogP contribution in [0.2, 0.25) is 0 Å². The molecule has 4 heteroatoms. The van der Waals surface area contributed by atoms with Crippen molar-refractivity contribution in [2.75, 3.05) is 0 Å². The number of hydrogen-bond donors (Lipinski definition) is 0. The van der Waals surface area contributed by atoms with Gasteiger partial charge in [0.15, 0.2) is 0 Å². The Hall–Kier alpha value is 0.412. The molecule has 0 heterocycles. The topological polar surface area (TPSA) is 94.5 Å². The fraction of sp³-hybridized carbons (Fsp3) is 0. The van der Waals surface area contributed by atoms with E-state index in [1.54, 1.807) is 0 Å². The third-order valence-corrected chi connectivity index (χ3v) is 0. The van der Waals surface area contributed by atoms with E-state index >= 15 is 0 Å². The van der Waals surface area contributed by atoms with Gasteiger partial charge in [0.25, 0.3) is 0 Å². The van der Waals surface area contributed by atoms with Gasteiger partial charge in [-0.15, -0.1) is 0 Å². The summed E-state index contributed by atoms with van der Waals surface area (Å²) < 4.78 is 0. The predicted molar refractivity (Wildman–Crippen MR) is 20.8 cm³/mol. The van der Waals surface area contributed by atoms with Gasteiger partial charge in [0.2, 0.25) is 0 Å². The van der Waals surface area contributed by atoms with Crippen molar-refractivity contribution in [3.8, 4) is 0 Å². The van der Waals surface area contributed by atoms with E-state index in [-0.39, 0.29) is 36.6 Å². The second kappa shape index (κ2) is 117. The average Bonchev–Trinajstić information content (AvgIpc) is 0. The lowest BCUT2D eigenvalue weighted by atomic mass is 16.0. The molecule has 4 heavy (non-hydrogen) atoms. The molecule has 0 rings (SSSR count). The van der Waals surface area contributed by atoms with Crippen molar-refractivity contribution in [1.29, 1.82) is 0 Å². The molecule has 0 aromatic carbocycles. The molecule has 3 nitrogen and oxygen atoms in total. The Morgan fingerprint density at radius 3 is 0.750 bits per heavy atom. The summed E-state index contributed by atoms with van der Waals surface area (Å²) in [5.41, 5.74) is 0. The molecule has 0 aliphatic rings. The summed E-state index contributed by atoms with van der Waals surface area (Å²) in [6, 6.07) is 0. The van der Waals surface area contributed by atoms with Crippen LogP contribution in [0.3, 0.4) is 0 Å². The lowest BCUT2D eigenvalue weighted by molar-refractivity contribution is 0.823. The van der Waals surface area contributed by atoms with E-state index in [1.807, 2.05) is 0 Å². The van der Waals surface area contributed by atoms with E-state index in [0.29, 0.717) is 0 Å². The van der Waals surface area contributed by atoms with E-state index in [2.05, 4.69) is 0 Å². The van der Waals surface area contributed by atoms with Crippen LogP contribution in [-0.4, -0.2) is 33.8 Å². The molecule has 0 fully saturated rings. The van der Waals surface area contributed by atoms with Gasteiger partial charge >= 0.3 is 0 Å². The third-order valence-electron chi connectivity index (χ3n) is 0. The Labute approximate surface area is 37.7 Å². The fourth-order valence-electron chi connectivity index (χ4n) is 0. The summed E-state index contributed by atoms with van der Waals surface area (Å²) >= 11 is 0. The van der Waals surface area contributed by atoms with Gasteiger partial charge < -0.3 is 16.4 Å². The van der Waals surface area contributed by atoms with Crippen LogP contribution in [0.5, 0.6) is 0 Å². The first-order valence-electron chi connectivity index (χ1n) is 0. The highest BCUT2D eigenvalue weighted by molar-refractivity contribution is 5.75. The highest BCUT2D eigenvalue weighted by Crippen LogP contribution is -0.287. The second-order valence-corrected chi connectivity index (χ2v) is 0. The Balaban J connectivity index is 0. The summed E-state index contributed by atoms with van der Waals surface area (Å²) in [7, 11) is 0. The van der Waals surface area contributed by atoms with E-state index in [4.69, 9.17) is 0 Å². The molecule has 0 spiro atoms. The van der Waals surface area contributed by atoms with Gasteiger partial charge in [-0.3, -0.25) is 0 Å². The summed E-state index contributed by atoms with van der Waals surface area (Å²) in [5.74, 6) is 0. The molecule has 0 unspecified atom stereocenters. The van der Waals surface area contributed by atoms with Crippen molar-refractivity contribution in [3.05, 3.63) is 0 Å². The normalized spacial score (nSPS) is 0. The number of hydrogen-bond acceptors (Lipinski definition) is 0. The minimum atomic E-state index is 0. The minimum absolute atomic E-state index is 0. The zero-order valence-electron chi connectivity index (χ0n) is 2.08. The van der Waals surface area contributed by atoms with Crippen LogP contribution in [-0.2, 0) is 0 Å². The van der Waals surface area contributed by atoms with Gasteiger partial charge in [-0.1, -0.05) is 0 Å². The Morgan fingerprint density at radius 2 is 0.750 bits per heavy atom. The molecule has 3 radical (unpaired) electrons. The number of rotatable bonds is 0. The van der Waals surface area contributed by atoms with Crippen LogP contribution in [0.4, 0.5) is 0 Å². The van der Waals surface area contributed by atoms with Crippen molar-refractivity contribution >= 4 is 17.4 Å². The van der Waals surface area contributed by atoms with Crippen LogP contribution in [0.15, 0.2) is 0 Å². The van der Waals surface area contributed by atoms with Crippen LogP contribution in [0, 0.1) is 0 Å². The van der Waals surface area contributed by atoms with Crippen molar-refractivity contribution in [2.45, 2.75) is 0 Å². The van der Waals surface area contributed by atoms with E-state index in [0.717, 1.165) is 0 Å². The molecule has 0 aromatic rings. The molecule has 0 saturated carbocycles. The maximum Gasteiger partial charge on any atom is 0 e. The van der Waals surface area contributed by atoms with Crippen molar-refractivity contribution in [1.82, 2.24) is 0 Å². The van der Waals surface area contributed by atoms with Gasteiger partial charge in [0.05, 0.1) is 0 Å². The summed E-state index contributed by atoms with van der Waals surface area (Å²) in [6.45, 7) is 0. The molecule has 0 aromatic heterocycles. The molecule has 0 saturated heterocycles. The Morgan fingerprint density at radius 1 is 0.750 bits per heavy atom. The molecule has 0 aliphatic heterocycles. The predicted octanol–water partition coefficient (Wildman–Crippen LogP) is -2.36. The fourth-order valence-corrected chi connectivity index (χ4v) is 0. The first-order chi connectivity index (χ1) is 0. The van der Waals surface area contributed by atoms with E-state index < -0.39 is 0 Å². The first-order valence-corrected chi connectivity index (χ1v) is 0. The third kappa shape index (κ3) is 28.3. The standard InChI is InChI=1S/Al.3H2O.2H2/h;3*1H2;2*1H. The van der Waals surface area contributed by atoms with Gasteiger partial charge in [0, 0.05) is 20.2 Å². The lowest BCUT2D eigenvalue weighted by Gasteiger charge is -0.413. The Kier molecular flexibility index (Phi) is 8810. The highest BCUT2D eigenvalue weighted by Gasteiger charge is 0.00000733. The largest absolute Gasteiger partial charge is 0.412 e. The van der Waals surface area contributed by atoms with Gasteiger partial charge in [-0.2, -0.15) is 0 Å². The lowest BCUT2D eigenvalue weighted by Crippen LogP contribution is -0.381. The molecule has 0 atom stereocenters. The summed E-state index contributed by atoms with van der Waals surface area (Å²) in [6.07, 6.45) is 0. The summed E-state index contributed by atoms with van der Waals surface area (Å²) in [4.78, 5) is 0. The van der Waals surface area contributed by atoms with E-state index in [1.165, 1.54) is 0 Å². The van der Waals surface area contributed by atoms with Crippen LogP contribution < -0.4 is 0 Å². The van der Waals surface area contributed by atoms with Crippen molar-refractivity contribution < 1.29 is 19.3 Å². The van der Waals surface area contributed by atoms with Gasteiger partial charge in [-0.05, 0) is 0 Å². The highest BCUT2D eigenvalue weighted by atomic mass is 27.0. The van der Waals surface area contributed by atoms with Crippen molar-refractivity contribution in [2.24, 2.45) is 0 Å². The van der Waals surface area contributed by atoms with Crippen LogP contribution in [0.25, 0.3) is 0 Å². The zero-order valence-corrected chi connectivity index (χ0v) is 3.23. The minimum Gasteiger partial charge on any atom is -0.412 e. The SMILES string of the molecule is O.O.O.[Al].[HH].[HH]. The first kappa shape index (κ1) is 302. The summed E-state index contributed by atoms with van der Waals surface area (Å²) in [5, 5.41) is 0. The average molecular weight is 85.1 g/mol. The molecule has 31 valence electrons. The molecular weight excluding hydrogens is 75.0 g/mol. The maximum atomic E-state index is 0. The molecule has 0 aliphatic carbocycles. The molecule has 6 N–H and O–H groups in total. The smallest absolute Gasteiger partial charge is 0 e. The van der Waals surface area contributed by atoms with Crippen LogP contribution >= 0.6 is 0 Å².